The first-order valence-electron chi connectivity index (χ1n) is 5.83. The zero-order valence-corrected chi connectivity index (χ0v) is 10.2. The Morgan fingerprint density at radius 1 is 1.40 bits per heavy atom. The zero-order chi connectivity index (χ0) is 11.6. The number of carbonyl (C=O) groups excluding carboxylic acids is 1. The molecule has 88 valence electrons. The van der Waals surface area contributed by atoms with Crippen LogP contribution >= 0.6 is 0 Å². The second kappa shape index (κ2) is 4.52. The lowest BCUT2D eigenvalue weighted by atomic mass is 9.96. The molecule has 1 saturated carbocycles. The molecular weight excluding hydrogens is 190 g/mol. The van der Waals surface area contributed by atoms with Crippen molar-refractivity contribution in [3.8, 4) is 0 Å². The number of rotatable bonds is 2. The molecule has 3 heteroatoms. The van der Waals surface area contributed by atoms with Gasteiger partial charge in [-0.1, -0.05) is 13.3 Å². The highest BCUT2D eigenvalue weighted by Gasteiger charge is 2.38. The normalized spacial score (nSPS) is 31.7. The smallest absolute Gasteiger partial charge is 0.311 e. The molecule has 1 fully saturated rings. The quantitative estimate of drug-likeness (QED) is 0.715. The van der Waals surface area contributed by atoms with Gasteiger partial charge in [0.2, 0.25) is 0 Å². The summed E-state index contributed by atoms with van der Waals surface area (Å²) in [4.78, 5) is 11.8. The molecule has 0 spiro atoms. The molecule has 1 aliphatic rings. The Balaban J connectivity index is 2.55. The van der Waals surface area contributed by atoms with Crippen molar-refractivity contribution in [2.75, 3.05) is 0 Å². The largest absolute Gasteiger partial charge is 0.460 e. The van der Waals surface area contributed by atoms with Gasteiger partial charge in [0.05, 0.1) is 5.92 Å². The third-order valence-corrected chi connectivity index (χ3v) is 3.09. The van der Waals surface area contributed by atoms with Gasteiger partial charge in [-0.2, -0.15) is 0 Å². The second-order valence-electron chi connectivity index (χ2n) is 5.46. The van der Waals surface area contributed by atoms with Gasteiger partial charge in [-0.3, -0.25) is 4.79 Å². The molecule has 0 aromatic carbocycles. The Bertz CT molecular complexity index is 232. The molecule has 1 aliphatic carbocycles. The monoisotopic (exact) mass is 213 g/mol. The maximum atomic E-state index is 11.8. The van der Waals surface area contributed by atoms with Gasteiger partial charge in [-0.25, -0.2) is 0 Å². The summed E-state index contributed by atoms with van der Waals surface area (Å²) in [5.41, 5.74) is 5.65. The van der Waals surface area contributed by atoms with Gasteiger partial charge in [-0.05, 0) is 39.5 Å². The topological polar surface area (TPSA) is 52.3 Å². The van der Waals surface area contributed by atoms with E-state index >= 15 is 0 Å². The predicted octanol–water partition coefficient (Wildman–Crippen LogP) is 2.09. The van der Waals surface area contributed by atoms with Gasteiger partial charge < -0.3 is 10.5 Å². The van der Waals surface area contributed by atoms with Gasteiger partial charge >= 0.3 is 5.97 Å². The van der Waals surface area contributed by atoms with Crippen LogP contribution in [0.15, 0.2) is 0 Å². The Hall–Kier alpha value is -0.570. The van der Waals surface area contributed by atoms with Crippen molar-refractivity contribution in [1.82, 2.24) is 0 Å². The molecule has 0 bridgehead atoms. The third-order valence-electron chi connectivity index (χ3n) is 3.09. The van der Waals surface area contributed by atoms with Crippen LogP contribution in [-0.4, -0.2) is 17.6 Å². The summed E-state index contributed by atoms with van der Waals surface area (Å²) in [6, 6.07) is -0.00940. The molecule has 15 heavy (non-hydrogen) atoms. The maximum absolute atomic E-state index is 11.8. The highest BCUT2D eigenvalue weighted by Crippen LogP contribution is 2.33. The first-order chi connectivity index (χ1) is 6.85. The molecule has 0 aliphatic heterocycles. The number of esters is 1. The highest BCUT2D eigenvalue weighted by molar-refractivity contribution is 5.74. The minimum Gasteiger partial charge on any atom is -0.460 e. The summed E-state index contributed by atoms with van der Waals surface area (Å²) in [6.07, 6.45) is 3.00. The maximum Gasteiger partial charge on any atom is 0.311 e. The molecule has 0 radical (unpaired) electrons. The van der Waals surface area contributed by atoms with E-state index in [1.165, 1.54) is 0 Å². The number of hydrogen-bond acceptors (Lipinski definition) is 3. The number of carbonyl (C=O) groups is 1. The summed E-state index contributed by atoms with van der Waals surface area (Å²) in [6.45, 7) is 7.80. The molecule has 3 atom stereocenters. The first-order valence-corrected chi connectivity index (χ1v) is 5.83. The van der Waals surface area contributed by atoms with E-state index in [4.69, 9.17) is 10.5 Å². The van der Waals surface area contributed by atoms with Gasteiger partial charge in [-0.15, -0.1) is 0 Å². The van der Waals surface area contributed by atoms with Crippen molar-refractivity contribution in [3.63, 3.8) is 0 Å². The molecular formula is C12H23NO2. The summed E-state index contributed by atoms with van der Waals surface area (Å²) >= 11 is 0. The molecule has 0 aromatic rings. The van der Waals surface area contributed by atoms with E-state index in [2.05, 4.69) is 6.92 Å². The average Bonchev–Trinajstić information content (AvgIpc) is 2.43. The molecule has 0 saturated heterocycles. The summed E-state index contributed by atoms with van der Waals surface area (Å²) in [5, 5.41) is 0. The Morgan fingerprint density at radius 2 is 2.00 bits per heavy atom. The Kier molecular flexibility index (Phi) is 3.77. The van der Waals surface area contributed by atoms with Crippen LogP contribution in [-0.2, 0) is 9.53 Å². The van der Waals surface area contributed by atoms with Crippen molar-refractivity contribution in [3.05, 3.63) is 0 Å². The molecule has 1 rings (SSSR count). The van der Waals surface area contributed by atoms with Crippen molar-refractivity contribution in [1.29, 1.82) is 0 Å². The fourth-order valence-corrected chi connectivity index (χ4v) is 2.24. The zero-order valence-electron chi connectivity index (χ0n) is 10.2. The second-order valence-corrected chi connectivity index (χ2v) is 5.46. The lowest BCUT2D eigenvalue weighted by Gasteiger charge is -2.24. The van der Waals surface area contributed by atoms with E-state index in [0.717, 1.165) is 19.3 Å². The SMILES string of the molecule is CC[C@@H]1CC[C@H](C(=O)OC(C)(C)C)[C@H]1N. The van der Waals surface area contributed by atoms with Crippen LogP contribution in [0.3, 0.4) is 0 Å². The van der Waals surface area contributed by atoms with Gasteiger partial charge in [0, 0.05) is 6.04 Å². The van der Waals surface area contributed by atoms with Crippen LogP contribution in [0.2, 0.25) is 0 Å². The molecule has 0 unspecified atom stereocenters. The van der Waals surface area contributed by atoms with Gasteiger partial charge in [0.25, 0.3) is 0 Å². The minimum absolute atomic E-state index is 0.00940. The van der Waals surface area contributed by atoms with E-state index < -0.39 is 5.60 Å². The molecule has 0 heterocycles. The van der Waals surface area contributed by atoms with E-state index in [-0.39, 0.29) is 17.9 Å². The lowest BCUT2D eigenvalue weighted by molar-refractivity contribution is -0.160. The van der Waals surface area contributed by atoms with Crippen LogP contribution in [0.1, 0.15) is 47.0 Å². The highest BCUT2D eigenvalue weighted by atomic mass is 16.6. The number of ether oxygens (including phenoxy) is 1. The Morgan fingerprint density at radius 3 is 2.40 bits per heavy atom. The molecule has 0 aromatic heterocycles. The molecule has 0 amide bonds. The van der Waals surface area contributed by atoms with Crippen molar-refractivity contribution in [2.24, 2.45) is 17.6 Å². The first kappa shape index (κ1) is 12.5. The lowest BCUT2D eigenvalue weighted by Crippen LogP contribution is -2.38. The average molecular weight is 213 g/mol. The van der Waals surface area contributed by atoms with E-state index in [9.17, 15) is 4.79 Å². The van der Waals surface area contributed by atoms with Crippen LogP contribution in [0.25, 0.3) is 0 Å². The van der Waals surface area contributed by atoms with Crippen molar-refractivity contribution in [2.45, 2.75) is 58.6 Å². The molecule has 3 nitrogen and oxygen atoms in total. The predicted molar refractivity (Wildman–Crippen MR) is 60.3 cm³/mol. The Labute approximate surface area is 92.4 Å². The van der Waals surface area contributed by atoms with E-state index in [1.807, 2.05) is 20.8 Å². The van der Waals surface area contributed by atoms with E-state index in [0.29, 0.717) is 5.92 Å². The van der Waals surface area contributed by atoms with Crippen molar-refractivity contribution >= 4 is 5.97 Å². The van der Waals surface area contributed by atoms with Crippen LogP contribution in [0.5, 0.6) is 0 Å². The fourth-order valence-electron chi connectivity index (χ4n) is 2.24. The van der Waals surface area contributed by atoms with Crippen LogP contribution in [0, 0.1) is 11.8 Å². The minimum atomic E-state index is -0.402. The summed E-state index contributed by atoms with van der Waals surface area (Å²) in [5.74, 6) is 0.280. The number of nitrogens with two attached hydrogens (primary N) is 1. The van der Waals surface area contributed by atoms with E-state index in [1.54, 1.807) is 0 Å². The standard InChI is InChI=1S/C12H23NO2/c1-5-8-6-7-9(10(8)13)11(14)15-12(2,3)4/h8-10H,5-7,13H2,1-4H3/t8-,9+,10+/m1/s1. The number of hydrogen-bond donors (Lipinski definition) is 1. The van der Waals surface area contributed by atoms with Gasteiger partial charge in [0.1, 0.15) is 5.60 Å². The summed E-state index contributed by atoms with van der Waals surface area (Å²) < 4.78 is 5.37. The van der Waals surface area contributed by atoms with Gasteiger partial charge in [0.15, 0.2) is 0 Å². The summed E-state index contributed by atoms with van der Waals surface area (Å²) in [7, 11) is 0. The third kappa shape index (κ3) is 3.20. The van der Waals surface area contributed by atoms with Crippen molar-refractivity contribution < 1.29 is 9.53 Å². The van der Waals surface area contributed by atoms with Crippen LogP contribution < -0.4 is 5.73 Å². The molecule has 2 N–H and O–H groups in total. The fraction of sp³-hybridized carbons (Fsp3) is 0.917. The van der Waals surface area contributed by atoms with Crippen LogP contribution in [0.4, 0.5) is 0 Å².